The van der Waals surface area contributed by atoms with Gasteiger partial charge in [-0.05, 0) is 18.9 Å². The maximum absolute atomic E-state index is 12.1. The fraction of sp³-hybridized carbons (Fsp3) is 0.538. The molecule has 0 atom stereocenters. The van der Waals surface area contributed by atoms with Crippen molar-refractivity contribution in [1.29, 1.82) is 0 Å². The maximum atomic E-state index is 12.1. The summed E-state index contributed by atoms with van der Waals surface area (Å²) in [6, 6.07) is 2.08. The Morgan fingerprint density at radius 3 is 2.76 bits per heavy atom. The Kier molecular flexibility index (Phi) is 2.74. The fourth-order valence-electron chi connectivity index (χ4n) is 2.65. The van der Waals surface area contributed by atoms with Crippen LogP contribution in [-0.2, 0) is 17.1 Å². The summed E-state index contributed by atoms with van der Waals surface area (Å²) >= 11 is 0. The fourth-order valence-corrected chi connectivity index (χ4v) is 4.29. The first-order chi connectivity index (χ1) is 10.0. The molecule has 112 valence electrons. The number of hydrogen-bond donors (Lipinski definition) is 1. The zero-order valence-corrected chi connectivity index (χ0v) is 12.5. The standard InChI is InChI=1S/C13H17N5O2S/c1-17-12-4-5-14-6-11(12)15-13(17)18-7-10(8-18)21(19,20)16-9-2-3-9/h4-6,9-10,16H,2-3,7-8H2,1H3. The van der Waals surface area contributed by atoms with Gasteiger partial charge in [-0.25, -0.2) is 18.1 Å². The second kappa shape index (κ2) is 4.41. The SMILES string of the molecule is Cn1c(N2CC(S(=O)(=O)NC3CC3)C2)nc2cnccc21. The van der Waals surface area contributed by atoms with E-state index in [1.807, 2.05) is 22.6 Å². The topological polar surface area (TPSA) is 80.1 Å². The van der Waals surface area contributed by atoms with Gasteiger partial charge in [-0.2, -0.15) is 0 Å². The number of imidazole rings is 1. The van der Waals surface area contributed by atoms with Gasteiger partial charge < -0.3 is 9.47 Å². The van der Waals surface area contributed by atoms with Crippen molar-refractivity contribution in [3.63, 3.8) is 0 Å². The minimum atomic E-state index is -3.19. The Morgan fingerprint density at radius 2 is 2.10 bits per heavy atom. The summed E-state index contributed by atoms with van der Waals surface area (Å²) in [4.78, 5) is 10.6. The van der Waals surface area contributed by atoms with Gasteiger partial charge in [-0.3, -0.25) is 4.98 Å². The lowest BCUT2D eigenvalue weighted by Gasteiger charge is -2.39. The van der Waals surface area contributed by atoms with Gasteiger partial charge in [0.15, 0.2) is 0 Å². The minimum absolute atomic E-state index is 0.172. The average Bonchev–Trinajstić information content (AvgIpc) is 3.12. The maximum Gasteiger partial charge on any atom is 0.218 e. The van der Waals surface area contributed by atoms with Crippen LogP contribution in [0.15, 0.2) is 18.5 Å². The first kappa shape index (κ1) is 13.0. The molecule has 0 spiro atoms. The molecule has 1 saturated carbocycles. The summed E-state index contributed by atoms with van der Waals surface area (Å²) in [7, 11) is -1.25. The van der Waals surface area contributed by atoms with Gasteiger partial charge in [-0.15, -0.1) is 0 Å². The van der Waals surface area contributed by atoms with Crippen LogP contribution in [-0.4, -0.2) is 47.3 Å². The van der Waals surface area contributed by atoms with E-state index in [4.69, 9.17) is 0 Å². The van der Waals surface area contributed by atoms with Crippen molar-refractivity contribution in [2.45, 2.75) is 24.1 Å². The highest BCUT2D eigenvalue weighted by Gasteiger charge is 2.41. The number of nitrogens with one attached hydrogen (secondary N) is 1. The van der Waals surface area contributed by atoms with Gasteiger partial charge in [0.05, 0.1) is 11.7 Å². The van der Waals surface area contributed by atoms with Gasteiger partial charge in [0.25, 0.3) is 0 Å². The number of pyridine rings is 1. The summed E-state index contributed by atoms with van der Waals surface area (Å²) in [6.45, 7) is 0.985. The van der Waals surface area contributed by atoms with Crippen LogP contribution in [0.3, 0.4) is 0 Å². The summed E-state index contributed by atoms with van der Waals surface area (Å²) in [6.07, 6.45) is 5.39. The van der Waals surface area contributed by atoms with E-state index in [9.17, 15) is 8.42 Å². The summed E-state index contributed by atoms with van der Waals surface area (Å²) in [5, 5.41) is -0.337. The van der Waals surface area contributed by atoms with Gasteiger partial charge in [-0.1, -0.05) is 0 Å². The van der Waals surface area contributed by atoms with Crippen molar-refractivity contribution in [1.82, 2.24) is 19.3 Å². The highest BCUT2D eigenvalue weighted by molar-refractivity contribution is 7.90. The molecule has 1 N–H and O–H groups in total. The van der Waals surface area contributed by atoms with Crippen molar-refractivity contribution in [3.05, 3.63) is 18.5 Å². The van der Waals surface area contributed by atoms with E-state index < -0.39 is 10.0 Å². The molecule has 2 aromatic rings. The smallest absolute Gasteiger partial charge is 0.218 e. The number of anilines is 1. The number of rotatable bonds is 4. The van der Waals surface area contributed by atoms with E-state index >= 15 is 0 Å². The average molecular weight is 307 g/mol. The highest BCUT2D eigenvalue weighted by atomic mass is 32.2. The van der Waals surface area contributed by atoms with E-state index in [-0.39, 0.29) is 11.3 Å². The van der Waals surface area contributed by atoms with Crippen LogP contribution in [0.1, 0.15) is 12.8 Å². The zero-order valence-electron chi connectivity index (χ0n) is 11.7. The van der Waals surface area contributed by atoms with Gasteiger partial charge in [0.2, 0.25) is 16.0 Å². The van der Waals surface area contributed by atoms with Crippen LogP contribution in [0, 0.1) is 0 Å². The summed E-state index contributed by atoms with van der Waals surface area (Å²) in [5.74, 6) is 0.802. The third-order valence-electron chi connectivity index (χ3n) is 4.14. The number of aryl methyl sites for hydroxylation is 1. The predicted molar refractivity (Wildman–Crippen MR) is 79.6 cm³/mol. The molecule has 2 fully saturated rings. The Balaban J connectivity index is 1.52. The molecule has 1 saturated heterocycles. The molecule has 21 heavy (non-hydrogen) atoms. The minimum Gasteiger partial charge on any atom is -0.339 e. The number of aromatic nitrogens is 3. The molecule has 0 amide bonds. The van der Waals surface area contributed by atoms with Crippen molar-refractivity contribution in [2.75, 3.05) is 18.0 Å². The van der Waals surface area contributed by atoms with Crippen LogP contribution < -0.4 is 9.62 Å². The van der Waals surface area contributed by atoms with Crippen molar-refractivity contribution < 1.29 is 8.42 Å². The number of hydrogen-bond acceptors (Lipinski definition) is 5. The Bertz CT molecular complexity index is 790. The molecule has 2 aromatic heterocycles. The lowest BCUT2D eigenvalue weighted by molar-refractivity contribution is 0.521. The van der Waals surface area contributed by atoms with Crippen LogP contribution >= 0.6 is 0 Å². The van der Waals surface area contributed by atoms with Crippen LogP contribution in [0.5, 0.6) is 0 Å². The van der Waals surface area contributed by atoms with Crippen LogP contribution in [0.4, 0.5) is 5.95 Å². The number of sulfonamides is 1. The van der Waals surface area contributed by atoms with Gasteiger partial charge >= 0.3 is 0 Å². The molecular weight excluding hydrogens is 290 g/mol. The summed E-state index contributed by atoms with van der Waals surface area (Å²) < 4.78 is 29.0. The van der Waals surface area contributed by atoms with E-state index in [1.54, 1.807) is 12.4 Å². The van der Waals surface area contributed by atoms with Gasteiger partial charge in [0, 0.05) is 32.4 Å². The van der Waals surface area contributed by atoms with E-state index in [2.05, 4.69) is 14.7 Å². The largest absolute Gasteiger partial charge is 0.339 e. The van der Waals surface area contributed by atoms with Crippen molar-refractivity contribution >= 4 is 27.0 Å². The monoisotopic (exact) mass is 307 g/mol. The summed E-state index contributed by atoms with van der Waals surface area (Å²) in [5.41, 5.74) is 1.83. The quantitative estimate of drug-likeness (QED) is 0.875. The second-order valence-corrected chi connectivity index (χ2v) is 7.79. The second-order valence-electron chi connectivity index (χ2n) is 5.80. The van der Waals surface area contributed by atoms with Crippen molar-refractivity contribution in [3.8, 4) is 0 Å². The molecule has 7 nitrogen and oxygen atoms in total. The van der Waals surface area contributed by atoms with Gasteiger partial charge in [0.1, 0.15) is 10.8 Å². The molecular formula is C13H17N5O2S. The lowest BCUT2D eigenvalue weighted by Crippen LogP contribution is -2.58. The molecule has 4 rings (SSSR count). The van der Waals surface area contributed by atoms with Crippen LogP contribution in [0.2, 0.25) is 0 Å². The molecule has 0 bridgehead atoms. The highest BCUT2D eigenvalue weighted by Crippen LogP contribution is 2.28. The first-order valence-corrected chi connectivity index (χ1v) is 8.62. The number of fused-ring (bicyclic) bond motifs is 1. The molecule has 0 unspecified atom stereocenters. The third-order valence-corrected chi connectivity index (χ3v) is 5.98. The molecule has 3 heterocycles. The lowest BCUT2D eigenvalue weighted by atomic mass is 10.2. The Labute approximate surface area is 123 Å². The molecule has 1 aliphatic carbocycles. The van der Waals surface area contributed by atoms with E-state index in [1.165, 1.54) is 0 Å². The predicted octanol–water partition coefficient (Wildman–Crippen LogP) is 0.239. The van der Waals surface area contributed by atoms with E-state index in [0.29, 0.717) is 13.1 Å². The molecule has 1 aliphatic heterocycles. The Morgan fingerprint density at radius 1 is 1.33 bits per heavy atom. The Hall–Kier alpha value is -1.67. The molecule has 8 heteroatoms. The number of nitrogens with zero attached hydrogens (tertiary/aromatic N) is 4. The zero-order chi connectivity index (χ0) is 14.6. The van der Waals surface area contributed by atoms with Crippen LogP contribution in [0.25, 0.3) is 11.0 Å². The third kappa shape index (κ3) is 2.18. The normalized spacial score (nSPS) is 20.0. The molecule has 0 radical (unpaired) electrons. The van der Waals surface area contributed by atoms with Crippen molar-refractivity contribution in [2.24, 2.45) is 7.05 Å². The first-order valence-electron chi connectivity index (χ1n) is 7.07. The molecule has 2 aliphatic rings. The molecule has 0 aromatic carbocycles. The van der Waals surface area contributed by atoms with E-state index in [0.717, 1.165) is 29.8 Å².